The molecule has 0 aliphatic heterocycles. The van der Waals surface area contributed by atoms with E-state index in [9.17, 15) is 9.18 Å². The molecule has 35 heavy (non-hydrogen) atoms. The maximum Gasteiger partial charge on any atom is 0.254 e. The zero-order chi connectivity index (χ0) is 25.6. The molecule has 2 aromatic carbocycles. The summed E-state index contributed by atoms with van der Waals surface area (Å²) in [5.74, 6) is -0.984. The molecule has 7 nitrogen and oxygen atoms in total. The number of methoxy groups -OCH3 is 1. The SMILES string of the molecule is CN.COC1CCCCC1.Nc1nccnc1-c1ccc(C(=O)NCc2cccc(Cl)c2)c(F)c1. The number of rotatable bonds is 5. The van der Waals surface area contributed by atoms with Crippen molar-refractivity contribution < 1.29 is 13.9 Å². The van der Waals surface area contributed by atoms with Gasteiger partial charge in [-0.25, -0.2) is 9.37 Å². The average molecular weight is 502 g/mol. The number of aromatic nitrogens is 2. The van der Waals surface area contributed by atoms with Gasteiger partial charge in [0.1, 0.15) is 17.3 Å². The summed E-state index contributed by atoms with van der Waals surface area (Å²) in [7, 11) is 3.32. The predicted octanol–water partition coefficient (Wildman–Crippen LogP) is 4.99. The van der Waals surface area contributed by atoms with Crippen LogP contribution in [0.2, 0.25) is 5.02 Å². The third-order valence-electron chi connectivity index (χ3n) is 5.44. The number of ether oxygens (including phenoxy) is 1. The van der Waals surface area contributed by atoms with Crippen LogP contribution in [0.25, 0.3) is 11.3 Å². The second kappa shape index (κ2) is 15.0. The molecule has 0 atom stereocenters. The number of amides is 1. The number of halogens is 2. The Kier molecular flexibility index (Phi) is 12.1. The van der Waals surface area contributed by atoms with E-state index in [1.807, 2.05) is 13.2 Å². The highest BCUT2D eigenvalue weighted by atomic mass is 35.5. The van der Waals surface area contributed by atoms with Gasteiger partial charge in [0.05, 0.1) is 11.7 Å². The fourth-order valence-corrected chi connectivity index (χ4v) is 3.86. The lowest BCUT2D eigenvalue weighted by Crippen LogP contribution is -2.23. The Bertz CT molecular complexity index is 1080. The first-order chi connectivity index (χ1) is 17.0. The second-order valence-corrected chi connectivity index (χ2v) is 8.23. The monoisotopic (exact) mass is 501 g/mol. The average Bonchev–Trinajstić information content (AvgIpc) is 2.89. The molecule has 5 N–H and O–H groups in total. The maximum absolute atomic E-state index is 14.3. The van der Waals surface area contributed by atoms with Crippen molar-refractivity contribution >= 4 is 23.3 Å². The van der Waals surface area contributed by atoms with Crippen LogP contribution in [0, 0.1) is 5.82 Å². The maximum atomic E-state index is 14.3. The first-order valence-electron chi connectivity index (χ1n) is 11.5. The van der Waals surface area contributed by atoms with Crippen molar-refractivity contribution in [3.05, 3.63) is 76.8 Å². The smallest absolute Gasteiger partial charge is 0.254 e. The number of nitrogens with one attached hydrogen (secondary N) is 1. The van der Waals surface area contributed by atoms with E-state index in [4.69, 9.17) is 22.1 Å². The molecule has 9 heteroatoms. The predicted molar refractivity (Wildman–Crippen MR) is 138 cm³/mol. The van der Waals surface area contributed by atoms with Gasteiger partial charge in [0.15, 0.2) is 0 Å². The number of hydrogen-bond donors (Lipinski definition) is 3. The second-order valence-electron chi connectivity index (χ2n) is 7.79. The molecule has 0 unspecified atom stereocenters. The molecule has 1 aliphatic carbocycles. The van der Waals surface area contributed by atoms with Crippen LogP contribution in [-0.2, 0) is 11.3 Å². The third kappa shape index (κ3) is 8.90. The van der Waals surface area contributed by atoms with E-state index >= 15 is 0 Å². The highest BCUT2D eigenvalue weighted by Gasteiger charge is 2.14. The van der Waals surface area contributed by atoms with Crippen LogP contribution in [0.3, 0.4) is 0 Å². The van der Waals surface area contributed by atoms with Gasteiger partial charge in [-0.3, -0.25) is 9.78 Å². The summed E-state index contributed by atoms with van der Waals surface area (Å²) < 4.78 is 19.5. The van der Waals surface area contributed by atoms with Crippen LogP contribution in [-0.4, -0.2) is 36.1 Å². The summed E-state index contributed by atoms with van der Waals surface area (Å²) in [5.41, 5.74) is 11.8. The Hall–Kier alpha value is -3.07. The molecule has 0 radical (unpaired) electrons. The Morgan fingerprint density at radius 3 is 2.43 bits per heavy atom. The Morgan fingerprint density at radius 2 is 1.83 bits per heavy atom. The van der Waals surface area contributed by atoms with E-state index in [1.165, 1.54) is 63.7 Å². The minimum atomic E-state index is -0.661. The quantitative estimate of drug-likeness (QED) is 0.453. The molecule has 4 rings (SSSR count). The van der Waals surface area contributed by atoms with Crippen molar-refractivity contribution in [1.82, 2.24) is 15.3 Å². The van der Waals surface area contributed by atoms with Crippen LogP contribution in [0.4, 0.5) is 10.2 Å². The summed E-state index contributed by atoms with van der Waals surface area (Å²) in [6.07, 6.45) is 10.2. The standard InChI is InChI=1S/C18H14ClFN4O.C7H14O.CH5N/c19-13-3-1-2-11(8-13)10-24-18(25)14-5-4-12(9-15(14)20)16-17(21)23-7-6-22-16;1-8-7-5-3-2-4-6-7;1-2/h1-9H,10H2,(H2,21,23)(H,24,25);7H,2-6H2,1H3;2H2,1H3. The lowest BCUT2D eigenvalue weighted by molar-refractivity contribution is 0.0710. The van der Waals surface area contributed by atoms with Crippen molar-refractivity contribution in [2.45, 2.75) is 44.8 Å². The molecular weight excluding hydrogens is 469 g/mol. The molecule has 188 valence electrons. The summed E-state index contributed by atoms with van der Waals surface area (Å²) in [4.78, 5) is 20.2. The van der Waals surface area contributed by atoms with Crippen molar-refractivity contribution in [2.75, 3.05) is 19.9 Å². The van der Waals surface area contributed by atoms with Crippen molar-refractivity contribution in [2.24, 2.45) is 5.73 Å². The topological polar surface area (TPSA) is 116 Å². The highest BCUT2D eigenvalue weighted by Crippen LogP contribution is 2.23. The Morgan fingerprint density at radius 1 is 1.11 bits per heavy atom. The molecule has 1 heterocycles. The summed E-state index contributed by atoms with van der Waals surface area (Å²) in [6, 6.07) is 11.3. The number of anilines is 1. The molecule has 1 fully saturated rings. The zero-order valence-electron chi connectivity index (χ0n) is 20.1. The largest absolute Gasteiger partial charge is 0.382 e. The Balaban J connectivity index is 0.000000363. The van der Waals surface area contributed by atoms with Crippen molar-refractivity contribution in [1.29, 1.82) is 0 Å². The third-order valence-corrected chi connectivity index (χ3v) is 5.68. The van der Waals surface area contributed by atoms with Gasteiger partial charge >= 0.3 is 0 Å². The first kappa shape index (κ1) is 28.2. The summed E-state index contributed by atoms with van der Waals surface area (Å²) in [5, 5.41) is 3.24. The van der Waals surface area contributed by atoms with Gasteiger partial charge in [-0.15, -0.1) is 0 Å². The lowest BCUT2D eigenvalue weighted by atomic mass is 9.98. The molecule has 0 bridgehead atoms. The molecule has 1 aliphatic rings. The Labute approximate surface area is 211 Å². The number of nitrogens with zero attached hydrogens (tertiary/aromatic N) is 2. The number of nitrogen functional groups attached to an aromatic ring is 1. The number of benzene rings is 2. The van der Waals surface area contributed by atoms with Crippen molar-refractivity contribution in [3.8, 4) is 11.3 Å². The summed E-state index contributed by atoms with van der Waals surface area (Å²) in [6.45, 7) is 0.248. The number of carbonyl (C=O) groups is 1. The van der Waals surface area contributed by atoms with Gasteiger partial charge in [-0.2, -0.15) is 0 Å². The van der Waals surface area contributed by atoms with Gasteiger partial charge in [0.25, 0.3) is 5.91 Å². The van der Waals surface area contributed by atoms with E-state index in [0.717, 1.165) is 5.56 Å². The van der Waals surface area contributed by atoms with Crippen LogP contribution in [0.15, 0.2) is 54.9 Å². The number of carbonyl (C=O) groups excluding carboxylic acids is 1. The fraction of sp³-hybridized carbons (Fsp3) is 0.346. The molecule has 1 amide bonds. The molecular formula is C26H33ClFN5O2. The molecule has 1 saturated carbocycles. The first-order valence-corrected chi connectivity index (χ1v) is 11.8. The van der Waals surface area contributed by atoms with Crippen LogP contribution < -0.4 is 16.8 Å². The van der Waals surface area contributed by atoms with E-state index in [0.29, 0.717) is 22.4 Å². The number of nitrogens with two attached hydrogens (primary N) is 2. The van der Waals surface area contributed by atoms with Gasteiger partial charge in [0.2, 0.25) is 0 Å². The van der Waals surface area contributed by atoms with Gasteiger partial charge in [0, 0.05) is 36.6 Å². The van der Waals surface area contributed by atoms with Crippen LogP contribution in [0.1, 0.15) is 48.0 Å². The molecule has 1 aromatic heterocycles. The number of hydrogen-bond acceptors (Lipinski definition) is 6. The van der Waals surface area contributed by atoms with Crippen molar-refractivity contribution in [3.63, 3.8) is 0 Å². The van der Waals surface area contributed by atoms with E-state index in [2.05, 4.69) is 21.0 Å². The normalized spacial score (nSPS) is 13.1. The molecule has 0 spiro atoms. The zero-order valence-corrected chi connectivity index (χ0v) is 20.9. The summed E-state index contributed by atoms with van der Waals surface area (Å²) >= 11 is 5.90. The highest BCUT2D eigenvalue weighted by molar-refractivity contribution is 6.30. The van der Waals surface area contributed by atoms with E-state index < -0.39 is 11.7 Å². The minimum Gasteiger partial charge on any atom is -0.382 e. The van der Waals surface area contributed by atoms with E-state index in [-0.39, 0.29) is 17.9 Å². The molecule has 3 aromatic rings. The minimum absolute atomic E-state index is 0.0618. The van der Waals surface area contributed by atoms with Gasteiger partial charge in [-0.05, 0) is 49.7 Å². The van der Waals surface area contributed by atoms with Crippen LogP contribution in [0.5, 0.6) is 0 Å². The molecule has 0 saturated heterocycles. The van der Waals surface area contributed by atoms with Gasteiger partial charge in [-0.1, -0.05) is 49.1 Å². The van der Waals surface area contributed by atoms with Crippen LogP contribution >= 0.6 is 11.6 Å². The fourth-order valence-electron chi connectivity index (χ4n) is 3.64. The van der Waals surface area contributed by atoms with Gasteiger partial charge < -0.3 is 21.5 Å². The lowest BCUT2D eigenvalue weighted by Gasteiger charge is -2.19. The van der Waals surface area contributed by atoms with E-state index in [1.54, 1.807) is 24.3 Å².